The predicted molar refractivity (Wildman–Crippen MR) is 71.7 cm³/mol. The smallest absolute Gasteiger partial charge is 0.308 e. The van der Waals surface area contributed by atoms with E-state index < -0.39 is 5.97 Å². The number of aromatic nitrogens is 4. The van der Waals surface area contributed by atoms with E-state index in [0.717, 1.165) is 13.0 Å². The zero-order chi connectivity index (χ0) is 13.9. The van der Waals surface area contributed by atoms with Crippen LogP contribution in [0.5, 0.6) is 0 Å². The molecule has 20 heavy (non-hydrogen) atoms. The van der Waals surface area contributed by atoms with Gasteiger partial charge < -0.3 is 10.0 Å². The molecular formula is C13H15N5O2. The molecule has 1 fully saturated rings. The lowest BCUT2D eigenvalue weighted by molar-refractivity contribution is -0.141. The molecule has 0 amide bonds. The lowest BCUT2D eigenvalue weighted by Crippen LogP contribution is -2.39. The maximum absolute atomic E-state index is 11.2. The summed E-state index contributed by atoms with van der Waals surface area (Å²) >= 11 is 0. The fourth-order valence-corrected chi connectivity index (χ4v) is 2.47. The first-order valence-electron chi connectivity index (χ1n) is 6.54. The lowest BCUT2D eigenvalue weighted by Gasteiger charge is -2.32. The molecule has 1 aliphatic rings. The van der Waals surface area contributed by atoms with E-state index in [1.807, 2.05) is 11.0 Å². The molecule has 7 heteroatoms. The van der Waals surface area contributed by atoms with Crippen LogP contribution >= 0.6 is 0 Å². The summed E-state index contributed by atoms with van der Waals surface area (Å²) in [7, 11) is 0. The van der Waals surface area contributed by atoms with E-state index in [1.165, 1.54) is 0 Å². The third-order valence-electron chi connectivity index (χ3n) is 3.45. The summed E-state index contributed by atoms with van der Waals surface area (Å²) in [4.78, 5) is 21.8. The van der Waals surface area contributed by atoms with Crippen molar-refractivity contribution in [3.8, 4) is 5.82 Å². The van der Waals surface area contributed by atoms with E-state index in [4.69, 9.17) is 0 Å². The van der Waals surface area contributed by atoms with Gasteiger partial charge in [0.15, 0.2) is 11.6 Å². The zero-order valence-electron chi connectivity index (χ0n) is 10.9. The van der Waals surface area contributed by atoms with Gasteiger partial charge in [-0.25, -0.2) is 14.6 Å². The maximum Gasteiger partial charge on any atom is 0.308 e. The molecule has 3 rings (SSSR count). The fourth-order valence-electron chi connectivity index (χ4n) is 2.47. The van der Waals surface area contributed by atoms with E-state index in [1.54, 1.807) is 29.5 Å². The average Bonchev–Trinajstić information content (AvgIpc) is 3.01. The van der Waals surface area contributed by atoms with Gasteiger partial charge in [-0.05, 0) is 18.9 Å². The van der Waals surface area contributed by atoms with Crippen LogP contribution in [0, 0.1) is 5.92 Å². The molecule has 7 nitrogen and oxygen atoms in total. The van der Waals surface area contributed by atoms with Crippen molar-refractivity contribution in [2.75, 3.05) is 18.0 Å². The van der Waals surface area contributed by atoms with E-state index in [0.29, 0.717) is 24.6 Å². The van der Waals surface area contributed by atoms with Crippen LogP contribution < -0.4 is 4.90 Å². The molecule has 2 aromatic heterocycles. The van der Waals surface area contributed by atoms with Crippen LogP contribution in [0.25, 0.3) is 5.82 Å². The molecule has 1 atom stereocenters. The largest absolute Gasteiger partial charge is 0.481 e. The van der Waals surface area contributed by atoms with Gasteiger partial charge in [0.05, 0.1) is 5.92 Å². The Balaban J connectivity index is 1.92. The third-order valence-corrected chi connectivity index (χ3v) is 3.45. The second-order valence-electron chi connectivity index (χ2n) is 4.78. The van der Waals surface area contributed by atoms with Crippen molar-refractivity contribution >= 4 is 11.8 Å². The first kappa shape index (κ1) is 12.6. The highest BCUT2D eigenvalue weighted by Crippen LogP contribution is 2.25. The summed E-state index contributed by atoms with van der Waals surface area (Å²) in [5.74, 6) is 0.209. The SMILES string of the molecule is O=C(O)[C@@H]1CCCN(c2nccnc2-n2cccn2)C1. The quantitative estimate of drug-likeness (QED) is 0.896. The number of aliphatic carboxylic acids is 1. The molecule has 104 valence electrons. The average molecular weight is 273 g/mol. The summed E-state index contributed by atoms with van der Waals surface area (Å²) in [6, 6.07) is 1.81. The Labute approximate surface area is 115 Å². The number of rotatable bonds is 3. The molecule has 0 radical (unpaired) electrons. The van der Waals surface area contributed by atoms with Crippen molar-refractivity contribution in [3.05, 3.63) is 30.9 Å². The van der Waals surface area contributed by atoms with Crippen molar-refractivity contribution in [2.24, 2.45) is 5.92 Å². The van der Waals surface area contributed by atoms with Gasteiger partial charge in [-0.2, -0.15) is 5.10 Å². The highest BCUT2D eigenvalue weighted by atomic mass is 16.4. The number of carboxylic acids is 1. The molecule has 1 saturated heterocycles. The number of hydrogen-bond donors (Lipinski definition) is 1. The first-order chi connectivity index (χ1) is 9.75. The molecule has 0 spiro atoms. The Bertz CT molecular complexity index is 599. The highest BCUT2D eigenvalue weighted by Gasteiger charge is 2.27. The van der Waals surface area contributed by atoms with E-state index in [-0.39, 0.29) is 5.92 Å². The van der Waals surface area contributed by atoms with Gasteiger partial charge in [0, 0.05) is 37.9 Å². The molecule has 0 bridgehead atoms. The molecule has 1 aliphatic heterocycles. The minimum absolute atomic E-state index is 0.351. The molecule has 0 unspecified atom stereocenters. The Morgan fingerprint density at radius 1 is 1.25 bits per heavy atom. The summed E-state index contributed by atoms with van der Waals surface area (Å²) in [5.41, 5.74) is 0. The van der Waals surface area contributed by atoms with Crippen LogP contribution in [0.15, 0.2) is 30.9 Å². The van der Waals surface area contributed by atoms with Crippen molar-refractivity contribution < 1.29 is 9.90 Å². The van der Waals surface area contributed by atoms with Gasteiger partial charge >= 0.3 is 5.97 Å². The minimum atomic E-state index is -0.751. The van der Waals surface area contributed by atoms with Crippen LogP contribution in [0.1, 0.15) is 12.8 Å². The Kier molecular flexibility index (Phi) is 3.32. The van der Waals surface area contributed by atoms with E-state index in [9.17, 15) is 9.90 Å². The van der Waals surface area contributed by atoms with Gasteiger partial charge in [-0.1, -0.05) is 0 Å². The number of hydrogen-bond acceptors (Lipinski definition) is 5. The topological polar surface area (TPSA) is 84.1 Å². The maximum atomic E-state index is 11.2. The predicted octanol–water partition coefficient (Wildman–Crippen LogP) is 0.963. The minimum Gasteiger partial charge on any atom is -0.481 e. The third kappa shape index (κ3) is 2.34. The van der Waals surface area contributed by atoms with Crippen molar-refractivity contribution in [2.45, 2.75) is 12.8 Å². The summed E-state index contributed by atoms with van der Waals surface area (Å²) in [6.07, 6.45) is 8.25. The van der Waals surface area contributed by atoms with Gasteiger partial charge in [-0.15, -0.1) is 0 Å². The molecular weight excluding hydrogens is 258 g/mol. The molecule has 0 aromatic carbocycles. The van der Waals surface area contributed by atoms with Crippen LogP contribution in [0.4, 0.5) is 5.82 Å². The number of anilines is 1. The Hall–Kier alpha value is -2.44. The second-order valence-corrected chi connectivity index (χ2v) is 4.78. The van der Waals surface area contributed by atoms with E-state index >= 15 is 0 Å². The standard InChI is InChI=1S/C13H15N5O2/c19-13(20)10-3-1-7-17(9-10)11-12(15-6-5-14-11)18-8-2-4-16-18/h2,4-6,8,10H,1,3,7,9H2,(H,19,20)/t10-/m1/s1. The Morgan fingerprint density at radius 2 is 2.05 bits per heavy atom. The lowest BCUT2D eigenvalue weighted by atomic mass is 9.98. The highest BCUT2D eigenvalue weighted by molar-refractivity contribution is 5.71. The van der Waals surface area contributed by atoms with Crippen LogP contribution in [-0.2, 0) is 4.79 Å². The van der Waals surface area contributed by atoms with Crippen LogP contribution in [0.2, 0.25) is 0 Å². The van der Waals surface area contributed by atoms with E-state index in [2.05, 4.69) is 15.1 Å². The number of carbonyl (C=O) groups is 1. The molecule has 0 saturated carbocycles. The molecule has 3 heterocycles. The number of nitrogens with zero attached hydrogens (tertiary/aromatic N) is 5. The summed E-state index contributed by atoms with van der Waals surface area (Å²) < 4.78 is 1.65. The normalized spacial score (nSPS) is 19.0. The van der Waals surface area contributed by atoms with Gasteiger partial charge in [0.2, 0.25) is 0 Å². The Morgan fingerprint density at radius 3 is 2.75 bits per heavy atom. The number of carboxylic acid groups (broad SMARTS) is 1. The van der Waals surface area contributed by atoms with Crippen LogP contribution in [-0.4, -0.2) is 43.9 Å². The van der Waals surface area contributed by atoms with Crippen molar-refractivity contribution in [1.82, 2.24) is 19.7 Å². The van der Waals surface area contributed by atoms with Gasteiger partial charge in [0.25, 0.3) is 0 Å². The molecule has 0 aliphatic carbocycles. The molecule has 1 N–H and O–H groups in total. The van der Waals surface area contributed by atoms with Crippen LogP contribution in [0.3, 0.4) is 0 Å². The molecule has 2 aromatic rings. The monoisotopic (exact) mass is 273 g/mol. The summed E-state index contributed by atoms with van der Waals surface area (Å²) in [6.45, 7) is 1.25. The first-order valence-corrected chi connectivity index (χ1v) is 6.54. The van der Waals surface area contributed by atoms with Gasteiger partial charge in [0.1, 0.15) is 0 Å². The fraction of sp³-hybridized carbons (Fsp3) is 0.385. The number of piperidine rings is 1. The second kappa shape index (κ2) is 5.28. The van der Waals surface area contributed by atoms with Gasteiger partial charge in [-0.3, -0.25) is 4.79 Å². The van der Waals surface area contributed by atoms with Crippen molar-refractivity contribution in [1.29, 1.82) is 0 Å². The van der Waals surface area contributed by atoms with Crippen molar-refractivity contribution in [3.63, 3.8) is 0 Å². The zero-order valence-corrected chi connectivity index (χ0v) is 10.9. The summed E-state index contributed by atoms with van der Waals surface area (Å²) in [5, 5.41) is 13.3.